The predicted molar refractivity (Wildman–Crippen MR) is 124 cm³/mol. The van der Waals surface area contributed by atoms with Crippen molar-refractivity contribution >= 4 is 40.2 Å². The Morgan fingerprint density at radius 2 is 2.03 bits per heavy atom. The molecule has 1 fully saturated rings. The maximum Gasteiger partial charge on any atom is 0.262 e. The summed E-state index contributed by atoms with van der Waals surface area (Å²) in [5.41, 5.74) is 0.516. The molecule has 0 radical (unpaired) electrons. The van der Waals surface area contributed by atoms with Crippen LogP contribution in [0.4, 0.5) is 0 Å². The molecule has 0 unspecified atom stereocenters. The van der Waals surface area contributed by atoms with Crippen LogP contribution in [0.3, 0.4) is 0 Å². The third-order valence-corrected chi connectivity index (χ3v) is 6.88. The van der Waals surface area contributed by atoms with Gasteiger partial charge in [0.2, 0.25) is 5.91 Å². The zero-order valence-corrected chi connectivity index (χ0v) is 19.3. The lowest BCUT2D eigenvalue weighted by Crippen LogP contribution is -2.30. The number of hydrogen-bond acceptors (Lipinski definition) is 5. The van der Waals surface area contributed by atoms with E-state index in [9.17, 15) is 9.59 Å². The van der Waals surface area contributed by atoms with Gasteiger partial charge in [-0.25, -0.2) is 4.98 Å². The second-order valence-electron chi connectivity index (χ2n) is 8.07. The van der Waals surface area contributed by atoms with Gasteiger partial charge in [-0.3, -0.25) is 14.2 Å². The fourth-order valence-corrected chi connectivity index (χ4v) is 5.22. The number of aromatic nitrogens is 2. The molecule has 4 rings (SSSR count). The molecule has 0 atom stereocenters. The molecule has 6 nitrogen and oxygen atoms in total. The van der Waals surface area contributed by atoms with E-state index in [0.29, 0.717) is 27.6 Å². The van der Waals surface area contributed by atoms with Gasteiger partial charge in [-0.15, -0.1) is 0 Å². The molecule has 1 amide bonds. The molecule has 0 saturated heterocycles. The summed E-state index contributed by atoms with van der Waals surface area (Å²) < 4.78 is 7.38. The SMILES string of the molecule is Cc1ccc(CN(C)C(=O)CSc2nc3cc(Cl)ccc3c(=O)n2C2CCCCC2)o1. The Bertz CT molecular complexity index is 1150. The zero-order chi connectivity index (χ0) is 22.0. The van der Waals surface area contributed by atoms with Crippen molar-refractivity contribution in [2.24, 2.45) is 0 Å². The summed E-state index contributed by atoms with van der Waals surface area (Å²) in [4.78, 5) is 32.5. The van der Waals surface area contributed by atoms with Crippen molar-refractivity contribution in [3.8, 4) is 0 Å². The Kier molecular flexibility index (Phi) is 6.72. The van der Waals surface area contributed by atoms with Gasteiger partial charge in [0.25, 0.3) is 5.56 Å². The van der Waals surface area contributed by atoms with E-state index in [-0.39, 0.29) is 23.3 Å². The number of carbonyl (C=O) groups is 1. The van der Waals surface area contributed by atoms with Crippen molar-refractivity contribution in [1.82, 2.24) is 14.5 Å². The lowest BCUT2D eigenvalue weighted by atomic mass is 9.95. The minimum atomic E-state index is -0.0528. The highest BCUT2D eigenvalue weighted by molar-refractivity contribution is 7.99. The van der Waals surface area contributed by atoms with Crippen LogP contribution < -0.4 is 5.56 Å². The first-order valence-electron chi connectivity index (χ1n) is 10.6. The molecular formula is C23H26ClN3O3S. The van der Waals surface area contributed by atoms with Gasteiger partial charge in [-0.2, -0.15) is 0 Å². The summed E-state index contributed by atoms with van der Waals surface area (Å²) in [6.07, 6.45) is 5.31. The molecule has 3 aromatic rings. The average Bonchev–Trinajstić information content (AvgIpc) is 3.16. The van der Waals surface area contributed by atoms with Crippen LogP contribution in [0.25, 0.3) is 10.9 Å². The van der Waals surface area contributed by atoms with Crippen molar-refractivity contribution < 1.29 is 9.21 Å². The average molecular weight is 460 g/mol. The number of aryl methyl sites for hydroxylation is 1. The van der Waals surface area contributed by atoms with E-state index in [0.717, 1.165) is 37.2 Å². The quantitative estimate of drug-likeness (QED) is 0.374. The Labute approximate surface area is 190 Å². The van der Waals surface area contributed by atoms with Crippen LogP contribution in [0, 0.1) is 6.92 Å². The highest BCUT2D eigenvalue weighted by Crippen LogP contribution is 2.31. The third kappa shape index (κ3) is 4.99. The number of nitrogens with zero attached hydrogens (tertiary/aromatic N) is 3. The fraction of sp³-hybridized carbons (Fsp3) is 0.435. The molecule has 1 saturated carbocycles. The topological polar surface area (TPSA) is 68.3 Å². The highest BCUT2D eigenvalue weighted by Gasteiger charge is 2.23. The number of furan rings is 1. The van der Waals surface area contributed by atoms with Gasteiger partial charge in [0.15, 0.2) is 5.16 Å². The summed E-state index contributed by atoms with van der Waals surface area (Å²) in [7, 11) is 1.75. The first kappa shape index (κ1) is 22.0. The largest absolute Gasteiger partial charge is 0.464 e. The van der Waals surface area contributed by atoms with Gasteiger partial charge in [0.05, 0.1) is 23.2 Å². The molecule has 1 aromatic carbocycles. The number of carbonyl (C=O) groups excluding carboxylic acids is 1. The summed E-state index contributed by atoms with van der Waals surface area (Å²) in [6.45, 7) is 2.28. The lowest BCUT2D eigenvalue weighted by Gasteiger charge is -2.26. The van der Waals surface area contributed by atoms with Crippen LogP contribution >= 0.6 is 23.4 Å². The number of thioether (sulfide) groups is 1. The Hall–Kier alpha value is -2.25. The van der Waals surface area contributed by atoms with Gasteiger partial charge in [-0.05, 0) is 50.1 Å². The van der Waals surface area contributed by atoms with Gasteiger partial charge < -0.3 is 9.32 Å². The molecule has 8 heteroatoms. The van der Waals surface area contributed by atoms with Crippen LogP contribution in [0.2, 0.25) is 5.02 Å². The van der Waals surface area contributed by atoms with Crippen molar-refractivity contribution in [3.05, 3.63) is 57.2 Å². The molecule has 1 aliphatic rings. The van der Waals surface area contributed by atoms with Crippen LogP contribution in [-0.4, -0.2) is 33.2 Å². The van der Waals surface area contributed by atoms with E-state index in [4.69, 9.17) is 21.0 Å². The van der Waals surface area contributed by atoms with Crippen molar-refractivity contribution in [1.29, 1.82) is 0 Å². The Balaban J connectivity index is 1.59. The smallest absolute Gasteiger partial charge is 0.262 e. The minimum absolute atomic E-state index is 0.0466. The molecule has 31 heavy (non-hydrogen) atoms. The van der Waals surface area contributed by atoms with E-state index in [1.54, 1.807) is 30.1 Å². The van der Waals surface area contributed by atoms with E-state index >= 15 is 0 Å². The van der Waals surface area contributed by atoms with Crippen LogP contribution in [0.15, 0.2) is 44.7 Å². The summed E-state index contributed by atoms with van der Waals surface area (Å²) in [6, 6.07) is 9.05. The predicted octanol–water partition coefficient (Wildman–Crippen LogP) is 5.21. The van der Waals surface area contributed by atoms with Crippen molar-refractivity contribution in [2.75, 3.05) is 12.8 Å². The Morgan fingerprint density at radius 3 is 2.74 bits per heavy atom. The van der Waals surface area contributed by atoms with E-state index in [2.05, 4.69) is 0 Å². The van der Waals surface area contributed by atoms with Crippen LogP contribution in [-0.2, 0) is 11.3 Å². The van der Waals surface area contributed by atoms with Crippen LogP contribution in [0.1, 0.15) is 49.7 Å². The second-order valence-corrected chi connectivity index (χ2v) is 9.45. The number of rotatable bonds is 6. The number of amides is 1. The van der Waals surface area contributed by atoms with Gasteiger partial charge in [0.1, 0.15) is 11.5 Å². The second kappa shape index (κ2) is 9.49. The van der Waals surface area contributed by atoms with Gasteiger partial charge >= 0.3 is 0 Å². The lowest BCUT2D eigenvalue weighted by molar-refractivity contribution is -0.127. The molecule has 0 aliphatic heterocycles. The number of fused-ring (bicyclic) bond motifs is 1. The number of halogens is 1. The monoisotopic (exact) mass is 459 g/mol. The summed E-state index contributed by atoms with van der Waals surface area (Å²) >= 11 is 7.45. The molecule has 0 N–H and O–H groups in total. The van der Waals surface area contributed by atoms with Gasteiger partial charge in [0, 0.05) is 18.1 Å². The van der Waals surface area contributed by atoms with Crippen molar-refractivity contribution in [3.63, 3.8) is 0 Å². The number of hydrogen-bond donors (Lipinski definition) is 0. The van der Waals surface area contributed by atoms with E-state index < -0.39 is 0 Å². The molecule has 164 valence electrons. The van der Waals surface area contributed by atoms with Crippen molar-refractivity contribution in [2.45, 2.75) is 56.8 Å². The summed E-state index contributed by atoms with van der Waals surface area (Å²) in [5.74, 6) is 1.72. The maximum absolute atomic E-state index is 13.3. The van der Waals surface area contributed by atoms with E-state index in [1.165, 1.54) is 18.2 Å². The maximum atomic E-state index is 13.3. The summed E-state index contributed by atoms with van der Waals surface area (Å²) in [5, 5.41) is 1.69. The minimum Gasteiger partial charge on any atom is -0.464 e. The first-order chi connectivity index (χ1) is 14.9. The molecule has 0 bridgehead atoms. The fourth-order valence-electron chi connectivity index (χ4n) is 4.04. The van der Waals surface area contributed by atoms with Gasteiger partial charge in [-0.1, -0.05) is 42.6 Å². The van der Waals surface area contributed by atoms with E-state index in [1.807, 2.05) is 23.6 Å². The normalized spacial score (nSPS) is 14.8. The Morgan fingerprint density at radius 1 is 1.26 bits per heavy atom. The molecule has 1 aliphatic carbocycles. The molecular weight excluding hydrogens is 434 g/mol. The third-order valence-electron chi connectivity index (χ3n) is 5.71. The van der Waals surface area contributed by atoms with Crippen LogP contribution in [0.5, 0.6) is 0 Å². The molecule has 2 heterocycles. The first-order valence-corrected chi connectivity index (χ1v) is 11.9. The standard InChI is InChI=1S/C23H26ClN3O3S/c1-15-8-10-18(30-15)13-26(2)21(28)14-31-23-25-20-12-16(24)9-11-19(20)22(29)27(23)17-6-4-3-5-7-17/h8-12,17H,3-7,13-14H2,1-2H3. The number of benzene rings is 1. The zero-order valence-electron chi connectivity index (χ0n) is 17.8. The molecule has 2 aromatic heterocycles. The highest BCUT2D eigenvalue weighted by atomic mass is 35.5. The molecule has 0 spiro atoms.